The third-order valence-corrected chi connectivity index (χ3v) is 1.06. The fraction of sp³-hybridized carbons (Fsp3) is 0.429. The Hall–Kier alpha value is -1.36. The number of carbonyl (C=O) groups is 1. The molecule has 2 N–H and O–H groups in total. The van der Waals surface area contributed by atoms with Crippen LogP contribution in [0, 0.1) is 0 Å². The minimum absolute atomic E-state index is 0.220. The molecule has 1 aromatic heterocycles. The van der Waals surface area contributed by atoms with Gasteiger partial charge >= 0.3 is 5.97 Å². The molecule has 0 amide bonds. The number of aromatic amines is 1. The van der Waals surface area contributed by atoms with E-state index in [0.717, 1.165) is 0 Å². The number of hydrogen-bond donors (Lipinski definition) is 2. The molecule has 0 aromatic carbocycles. The van der Waals surface area contributed by atoms with Crippen LogP contribution in [0.3, 0.4) is 0 Å². The van der Waals surface area contributed by atoms with Crippen LogP contribution in [0.5, 0.6) is 0 Å². The first kappa shape index (κ1) is 8.73. The zero-order chi connectivity index (χ0) is 9.19. The molecule has 0 saturated heterocycles. The number of hydrogen-bond acceptors (Lipinski definition) is 4. The van der Waals surface area contributed by atoms with Crippen LogP contribution in [0.4, 0.5) is 0 Å². The van der Waals surface area contributed by atoms with Crippen molar-refractivity contribution in [2.24, 2.45) is 0 Å². The summed E-state index contributed by atoms with van der Waals surface area (Å²) < 4.78 is 4.63. The Kier molecular flexibility index (Phi) is 2.14. The van der Waals surface area contributed by atoms with Gasteiger partial charge in [-0.3, -0.25) is 0 Å². The van der Waals surface area contributed by atoms with Gasteiger partial charge in [-0.05, 0) is 0 Å². The number of esters is 1. The first-order valence-electron chi connectivity index (χ1n) is 3.43. The van der Waals surface area contributed by atoms with E-state index >= 15 is 0 Å². The molecular weight excluding hydrogens is 160 g/mol. The van der Waals surface area contributed by atoms with Crippen molar-refractivity contribution < 1.29 is 14.6 Å². The molecule has 5 heteroatoms. The maximum Gasteiger partial charge on any atom is 0.358 e. The number of imidazole rings is 1. The van der Waals surface area contributed by atoms with Gasteiger partial charge in [0.05, 0.1) is 12.5 Å². The summed E-state index contributed by atoms with van der Waals surface area (Å²) in [5.74, 6) is -2.08. The largest absolute Gasteiger partial charge is 0.429 e. The van der Waals surface area contributed by atoms with Gasteiger partial charge in [-0.2, -0.15) is 0 Å². The number of carbonyl (C=O) groups excluding carboxylic acids is 1. The number of rotatable bonds is 2. The highest BCUT2D eigenvalue weighted by Gasteiger charge is 2.20. The second-order valence-corrected chi connectivity index (χ2v) is 2.80. The number of aliphatic hydroxyl groups is 1. The van der Waals surface area contributed by atoms with Crippen molar-refractivity contribution in [2.45, 2.75) is 19.6 Å². The Morgan fingerprint density at radius 2 is 2.42 bits per heavy atom. The molecule has 5 nitrogen and oxygen atoms in total. The number of H-pyrrole nitrogens is 1. The van der Waals surface area contributed by atoms with E-state index in [0.29, 0.717) is 0 Å². The highest BCUT2D eigenvalue weighted by atomic mass is 16.7. The number of nitrogens with one attached hydrogen (secondary N) is 1. The van der Waals surface area contributed by atoms with Crippen LogP contribution in [-0.4, -0.2) is 26.8 Å². The zero-order valence-electron chi connectivity index (χ0n) is 6.87. The Morgan fingerprint density at radius 1 is 1.75 bits per heavy atom. The summed E-state index contributed by atoms with van der Waals surface area (Å²) in [6.45, 7) is 2.75. The quantitative estimate of drug-likeness (QED) is 0.494. The monoisotopic (exact) mass is 170 g/mol. The summed E-state index contributed by atoms with van der Waals surface area (Å²) in [4.78, 5) is 17.3. The fourth-order valence-electron chi connectivity index (χ4n) is 0.649. The summed E-state index contributed by atoms with van der Waals surface area (Å²) in [7, 11) is 0. The first-order chi connectivity index (χ1) is 5.49. The molecule has 1 aromatic rings. The lowest BCUT2D eigenvalue weighted by Gasteiger charge is -2.16. The Balaban J connectivity index is 2.63. The van der Waals surface area contributed by atoms with Crippen molar-refractivity contribution in [2.75, 3.05) is 0 Å². The molecular formula is C7H10N2O3. The molecule has 0 aliphatic rings. The van der Waals surface area contributed by atoms with Gasteiger partial charge in [-0.25, -0.2) is 9.78 Å². The van der Waals surface area contributed by atoms with Crippen LogP contribution in [0.2, 0.25) is 0 Å². The SMILES string of the molecule is CC(C)(O)OC(=O)c1cnc[nH]1. The Labute approximate surface area is 69.4 Å². The minimum atomic E-state index is -1.46. The second kappa shape index (κ2) is 2.94. The molecule has 66 valence electrons. The van der Waals surface area contributed by atoms with Crippen molar-refractivity contribution in [3.63, 3.8) is 0 Å². The van der Waals surface area contributed by atoms with E-state index in [1.807, 2.05) is 0 Å². The zero-order valence-corrected chi connectivity index (χ0v) is 6.87. The van der Waals surface area contributed by atoms with E-state index in [1.165, 1.54) is 26.4 Å². The average molecular weight is 170 g/mol. The van der Waals surface area contributed by atoms with Gasteiger partial charge in [0.1, 0.15) is 5.69 Å². The van der Waals surface area contributed by atoms with Gasteiger partial charge in [0.2, 0.25) is 5.79 Å². The van der Waals surface area contributed by atoms with Crippen LogP contribution >= 0.6 is 0 Å². The lowest BCUT2D eigenvalue weighted by atomic mass is 10.4. The van der Waals surface area contributed by atoms with Gasteiger partial charge < -0.3 is 14.8 Å². The lowest BCUT2D eigenvalue weighted by molar-refractivity contribution is -0.136. The van der Waals surface area contributed by atoms with Crippen LogP contribution in [0.25, 0.3) is 0 Å². The minimum Gasteiger partial charge on any atom is -0.429 e. The molecule has 0 saturated carbocycles. The molecule has 0 aliphatic heterocycles. The molecule has 0 bridgehead atoms. The van der Waals surface area contributed by atoms with Crippen LogP contribution in [0.15, 0.2) is 12.5 Å². The molecule has 0 unspecified atom stereocenters. The summed E-state index contributed by atoms with van der Waals surface area (Å²) >= 11 is 0. The molecule has 0 atom stereocenters. The molecule has 0 spiro atoms. The fourth-order valence-corrected chi connectivity index (χ4v) is 0.649. The van der Waals surface area contributed by atoms with Crippen molar-refractivity contribution in [1.82, 2.24) is 9.97 Å². The van der Waals surface area contributed by atoms with Crippen molar-refractivity contribution >= 4 is 5.97 Å². The van der Waals surface area contributed by atoms with Gasteiger partial charge in [-0.15, -0.1) is 0 Å². The molecule has 0 fully saturated rings. The maximum atomic E-state index is 11.1. The van der Waals surface area contributed by atoms with Crippen LogP contribution in [-0.2, 0) is 4.74 Å². The van der Waals surface area contributed by atoms with E-state index < -0.39 is 11.8 Å². The summed E-state index contributed by atoms with van der Waals surface area (Å²) in [6, 6.07) is 0. The van der Waals surface area contributed by atoms with E-state index in [4.69, 9.17) is 5.11 Å². The molecule has 0 radical (unpaired) electrons. The predicted octanol–water partition coefficient (Wildman–Crippen LogP) is 0.295. The Morgan fingerprint density at radius 3 is 2.83 bits per heavy atom. The third kappa shape index (κ3) is 2.35. The summed E-state index contributed by atoms with van der Waals surface area (Å²) in [6.07, 6.45) is 2.69. The summed E-state index contributed by atoms with van der Waals surface area (Å²) in [5.41, 5.74) is 0.220. The normalized spacial score (nSPS) is 11.2. The van der Waals surface area contributed by atoms with E-state index in [-0.39, 0.29) is 5.69 Å². The number of ether oxygens (including phenoxy) is 1. The van der Waals surface area contributed by atoms with Crippen molar-refractivity contribution in [3.05, 3.63) is 18.2 Å². The number of nitrogens with zero attached hydrogens (tertiary/aromatic N) is 1. The lowest BCUT2D eigenvalue weighted by Crippen LogP contribution is -2.27. The third-order valence-electron chi connectivity index (χ3n) is 1.06. The van der Waals surface area contributed by atoms with E-state index in [1.54, 1.807) is 0 Å². The van der Waals surface area contributed by atoms with Gasteiger partial charge in [0, 0.05) is 13.8 Å². The van der Waals surface area contributed by atoms with Crippen LogP contribution in [0.1, 0.15) is 24.3 Å². The average Bonchev–Trinajstić information content (AvgIpc) is 2.32. The second-order valence-electron chi connectivity index (χ2n) is 2.80. The highest BCUT2D eigenvalue weighted by Crippen LogP contribution is 2.06. The van der Waals surface area contributed by atoms with Crippen molar-refractivity contribution in [3.8, 4) is 0 Å². The first-order valence-corrected chi connectivity index (χ1v) is 3.43. The Bertz CT molecular complexity index is 261. The maximum absolute atomic E-state index is 11.1. The molecule has 1 rings (SSSR count). The molecule has 1 heterocycles. The molecule has 0 aliphatic carbocycles. The number of aromatic nitrogens is 2. The standard InChI is InChI=1S/C7H10N2O3/c1-7(2,11)12-6(10)5-3-8-4-9-5/h3-4,11H,1-2H3,(H,8,9). The van der Waals surface area contributed by atoms with E-state index in [2.05, 4.69) is 14.7 Å². The summed E-state index contributed by atoms with van der Waals surface area (Å²) in [5, 5.41) is 9.11. The van der Waals surface area contributed by atoms with Crippen LogP contribution < -0.4 is 0 Å². The predicted molar refractivity (Wildman–Crippen MR) is 40.3 cm³/mol. The molecule has 12 heavy (non-hydrogen) atoms. The van der Waals surface area contributed by atoms with Gasteiger partial charge in [-0.1, -0.05) is 0 Å². The van der Waals surface area contributed by atoms with Crippen molar-refractivity contribution in [1.29, 1.82) is 0 Å². The van der Waals surface area contributed by atoms with Gasteiger partial charge in [0.25, 0.3) is 0 Å². The topological polar surface area (TPSA) is 75.2 Å². The van der Waals surface area contributed by atoms with Gasteiger partial charge in [0.15, 0.2) is 0 Å². The smallest absolute Gasteiger partial charge is 0.358 e. The van der Waals surface area contributed by atoms with E-state index in [9.17, 15) is 4.79 Å². The highest BCUT2D eigenvalue weighted by molar-refractivity contribution is 5.87.